The van der Waals surface area contributed by atoms with Gasteiger partial charge >= 0.3 is 0 Å². The Bertz CT molecular complexity index is 1060. The lowest BCUT2D eigenvalue weighted by molar-refractivity contribution is 0.0938. The summed E-state index contributed by atoms with van der Waals surface area (Å²) >= 11 is 1.54. The summed E-state index contributed by atoms with van der Waals surface area (Å²) in [5.41, 5.74) is 2.41. The Labute approximate surface area is 194 Å². The molecule has 170 valence electrons. The van der Waals surface area contributed by atoms with Crippen molar-refractivity contribution in [1.82, 2.24) is 20.2 Å². The van der Waals surface area contributed by atoms with Gasteiger partial charge in [-0.15, -0.1) is 0 Å². The van der Waals surface area contributed by atoms with Crippen LogP contribution in [0.4, 0.5) is 5.13 Å². The van der Waals surface area contributed by atoms with E-state index in [0.29, 0.717) is 17.0 Å². The average molecular weight is 452 g/mol. The van der Waals surface area contributed by atoms with Crippen LogP contribution in [0.15, 0.2) is 36.7 Å². The number of nitrogens with one attached hydrogen (secondary N) is 2. The molecule has 3 aromatic rings. The number of aromatic nitrogens is 2. The van der Waals surface area contributed by atoms with E-state index in [1.165, 1.54) is 35.1 Å². The lowest BCUT2D eigenvalue weighted by Crippen LogP contribution is -2.51. The number of aromatic amines is 1. The van der Waals surface area contributed by atoms with E-state index in [1.807, 2.05) is 6.07 Å². The quantitative estimate of drug-likeness (QED) is 0.532. The van der Waals surface area contributed by atoms with Crippen molar-refractivity contribution in [2.45, 2.75) is 63.6 Å². The topological polar surface area (TPSA) is 64.3 Å². The van der Waals surface area contributed by atoms with Gasteiger partial charge in [-0.05, 0) is 44.4 Å². The minimum absolute atomic E-state index is 0.00629. The highest BCUT2D eigenvalue weighted by molar-refractivity contribution is 7.17. The van der Waals surface area contributed by atoms with Gasteiger partial charge in [0.25, 0.3) is 5.91 Å². The highest BCUT2D eigenvalue weighted by Gasteiger charge is 2.38. The maximum Gasteiger partial charge on any atom is 0.263 e. The number of likely N-dealkylation sites (N-methyl/N-ethyl adjacent to an activating group) is 1. The van der Waals surface area contributed by atoms with Gasteiger partial charge in [0.2, 0.25) is 0 Å². The number of fused-ring (bicyclic) bond motifs is 3. The molecule has 2 N–H and O–H groups in total. The number of benzene rings is 1. The molecule has 2 saturated heterocycles. The second-order valence-corrected chi connectivity index (χ2v) is 10.3. The number of H-pyrrole nitrogens is 1. The molecule has 0 radical (unpaired) electrons. The van der Waals surface area contributed by atoms with E-state index in [4.69, 9.17) is 0 Å². The number of rotatable bonds is 8. The first kappa shape index (κ1) is 21.5. The number of unbranched alkanes of at least 4 members (excludes halogenated alkanes) is 1. The summed E-state index contributed by atoms with van der Waals surface area (Å²) in [6.07, 6.45) is 10.4. The molecule has 2 bridgehead atoms. The predicted octanol–water partition coefficient (Wildman–Crippen LogP) is 4.44. The molecule has 3 atom stereocenters. The van der Waals surface area contributed by atoms with Crippen molar-refractivity contribution in [3.8, 4) is 0 Å². The molecule has 2 aliphatic rings. The van der Waals surface area contributed by atoms with Crippen LogP contribution < -0.4 is 10.2 Å². The number of carbonyl (C=O) groups is 1. The van der Waals surface area contributed by atoms with Gasteiger partial charge in [0, 0.05) is 48.3 Å². The second-order valence-electron chi connectivity index (χ2n) is 9.34. The normalized spacial score (nSPS) is 21.9. The van der Waals surface area contributed by atoms with Crippen LogP contribution in [0.5, 0.6) is 0 Å². The van der Waals surface area contributed by atoms with Gasteiger partial charge in [-0.3, -0.25) is 9.69 Å². The molecule has 6 nitrogen and oxygen atoms in total. The summed E-state index contributed by atoms with van der Waals surface area (Å²) in [5, 5.41) is 5.55. The van der Waals surface area contributed by atoms with Crippen LogP contribution in [0.3, 0.4) is 0 Å². The first-order valence-corrected chi connectivity index (χ1v) is 12.7. The minimum Gasteiger partial charge on any atom is -0.361 e. The maximum atomic E-state index is 13.1. The van der Waals surface area contributed by atoms with Crippen molar-refractivity contribution in [3.63, 3.8) is 0 Å². The standard InChI is InChI=1S/C25H33N5OS/c1-3-4-7-18(12-17-13-26-22-9-6-5-8-21(17)22)28-24(31)23-14-27-25(32-23)30-15-19-10-11-20(16-30)29(19)2/h5-6,8-9,13-14,18-20,26H,3-4,7,10-12,15-16H2,1-2H3,(H,28,31). The van der Waals surface area contributed by atoms with Gasteiger partial charge in [0.05, 0.1) is 6.20 Å². The smallest absolute Gasteiger partial charge is 0.263 e. The first-order chi connectivity index (χ1) is 15.6. The Balaban J connectivity index is 1.26. The van der Waals surface area contributed by atoms with Crippen molar-refractivity contribution in [2.24, 2.45) is 0 Å². The molecule has 0 aliphatic carbocycles. The summed E-state index contributed by atoms with van der Waals surface area (Å²) < 4.78 is 0. The van der Waals surface area contributed by atoms with Crippen LogP contribution in [0.2, 0.25) is 0 Å². The van der Waals surface area contributed by atoms with Crippen LogP contribution in [0.1, 0.15) is 54.3 Å². The number of anilines is 1. The summed E-state index contributed by atoms with van der Waals surface area (Å²) in [6.45, 7) is 4.23. The van der Waals surface area contributed by atoms with Gasteiger partial charge in [-0.25, -0.2) is 4.98 Å². The Morgan fingerprint density at radius 1 is 1.28 bits per heavy atom. The van der Waals surface area contributed by atoms with Crippen LogP contribution in [-0.2, 0) is 6.42 Å². The molecule has 2 aliphatic heterocycles. The molecule has 7 heteroatoms. The number of carbonyl (C=O) groups excluding carboxylic acids is 1. The number of nitrogens with zero attached hydrogens (tertiary/aromatic N) is 3. The number of amides is 1. The van der Waals surface area contributed by atoms with Crippen LogP contribution in [-0.4, -0.2) is 59.0 Å². The molecule has 3 unspecified atom stereocenters. The number of thiazole rings is 1. The molecule has 0 spiro atoms. The zero-order valence-corrected chi connectivity index (χ0v) is 19.8. The van der Waals surface area contributed by atoms with Gasteiger partial charge in [-0.1, -0.05) is 49.3 Å². The molecule has 2 aromatic heterocycles. The number of piperazine rings is 1. The van der Waals surface area contributed by atoms with Gasteiger partial charge < -0.3 is 15.2 Å². The summed E-state index contributed by atoms with van der Waals surface area (Å²) in [4.78, 5) is 26.7. The zero-order chi connectivity index (χ0) is 22.1. The molecule has 1 aromatic carbocycles. The van der Waals surface area contributed by atoms with Crippen molar-refractivity contribution in [1.29, 1.82) is 0 Å². The van der Waals surface area contributed by atoms with Gasteiger partial charge in [-0.2, -0.15) is 0 Å². The lowest BCUT2D eigenvalue weighted by atomic mass is 10.0. The van der Waals surface area contributed by atoms with Crippen molar-refractivity contribution >= 4 is 33.3 Å². The summed E-state index contributed by atoms with van der Waals surface area (Å²) in [5.74, 6) is 0.00629. The van der Waals surface area contributed by atoms with E-state index in [9.17, 15) is 4.79 Å². The molecule has 5 rings (SSSR count). The third-order valence-electron chi connectivity index (χ3n) is 7.22. The Morgan fingerprint density at radius 2 is 2.06 bits per heavy atom. The van der Waals surface area contributed by atoms with E-state index in [0.717, 1.165) is 49.4 Å². The Hall–Kier alpha value is -2.38. The molecular formula is C25H33N5OS. The predicted molar refractivity (Wildman–Crippen MR) is 132 cm³/mol. The largest absolute Gasteiger partial charge is 0.361 e. The fraction of sp³-hybridized carbons (Fsp3) is 0.520. The maximum absolute atomic E-state index is 13.1. The second kappa shape index (κ2) is 9.24. The van der Waals surface area contributed by atoms with Crippen LogP contribution >= 0.6 is 11.3 Å². The molecule has 0 saturated carbocycles. The van der Waals surface area contributed by atoms with Crippen LogP contribution in [0.25, 0.3) is 10.9 Å². The van der Waals surface area contributed by atoms with E-state index >= 15 is 0 Å². The summed E-state index contributed by atoms with van der Waals surface area (Å²) in [7, 11) is 2.24. The Morgan fingerprint density at radius 3 is 2.84 bits per heavy atom. The fourth-order valence-electron chi connectivity index (χ4n) is 5.28. The Kier molecular flexibility index (Phi) is 6.20. The number of hydrogen-bond acceptors (Lipinski definition) is 5. The van der Waals surface area contributed by atoms with E-state index in [1.54, 1.807) is 6.20 Å². The van der Waals surface area contributed by atoms with Crippen LogP contribution in [0, 0.1) is 0 Å². The molecular weight excluding hydrogens is 418 g/mol. The monoisotopic (exact) mass is 451 g/mol. The first-order valence-electron chi connectivity index (χ1n) is 11.9. The molecule has 1 amide bonds. The van der Waals surface area contributed by atoms with Crippen molar-refractivity contribution < 1.29 is 4.79 Å². The van der Waals surface area contributed by atoms with Crippen molar-refractivity contribution in [2.75, 3.05) is 25.0 Å². The van der Waals surface area contributed by atoms with Gasteiger partial charge in [0.15, 0.2) is 5.13 Å². The highest BCUT2D eigenvalue weighted by atomic mass is 32.1. The highest BCUT2D eigenvalue weighted by Crippen LogP contribution is 2.33. The third kappa shape index (κ3) is 4.28. The number of hydrogen-bond donors (Lipinski definition) is 2. The average Bonchev–Trinajstić information content (AvgIpc) is 3.49. The third-order valence-corrected chi connectivity index (χ3v) is 8.27. The zero-order valence-electron chi connectivity index (χ0n) is 19.0. The van der Waals surface area contributed by atoms with Gasteiger partial charge in [0.1, 0.15) is 4.88 Å². The fourth-order valence-corrected chi connectivity index (χ4v) is 6.12. The SMILES string of the molecule is CCCCC(Cc1c[nH]c2ccccc12)NC(=O)c1cnc(N2CC3CCC(C2)N3C)s1. The van der Waals surface area contributed by atoms with E-state index in [-0.39, 0.29) is 11.9 Å². The molecule has 2 fully saturated rings. The molecule has 32 heavy (non-hydrogen) atoms. The number of para-hydroxylation sites is 1. The minimum atomic E-state index is 0.00629. The van der Waals surface area contributed by atoms with E-state index < -0.39 is 0 Å². The summed E-state index contributed by atoms with van der Waals surface area (Å²) in [6, 6.07) is 9.72. The molecule has 4 heterocycles. The van der Waals surface area contributed by atoms with E-state index in [2.05, 4.69) is 63.5 Å². The lowest BCUT2D eigenvalue weighted by Gasteiger charge is -2.38. The van der Waals surface area contributed by atoms with Crippen molar-refractivity contribution in [3.05, 3.63) is 47.1 Å².